The molecule has 5 heteroatoms. The molecule has 0 fully saturated rings. The molecule has 0 aliphatic carbocycles. The van der Waals surface area contributed by atoms with E-state index in [-0.39, 0.29) is 5.91 Å². The van der Waals surface area contributed by atoms with E-state index in [4.69, 9.17) is 5.73 Å². The van der Waals surface area contributed by atoms with Crippen LogP contribution in [0.5, 0.6) is 0 Å². The number of benzene rings is 2. The first kappa shape index (κ1) is 13.0. The molecule has 3 rings (SSSR count). The molecule has 4 nitrogen and oxygen atoms in total. The smallest absolute Gasteiger partial charge is 0.251 e. The second-order valence-electron chi connectivity index (χ2n) is 4.81. The molecule has 0 aromatic heterocycles. The van der Waals surface area contributed by atoms with Gasteiger partial charge in [0.2, 0.25) is 0 Å². The van der Waals surface area contributed by atoms with Crippen LogP contribution in [-0.2, 0) is 4.79 Å². The molecule has 0 saturated heterocycles. The molecule has 0 bridgehead atoms. The van der Waals surface area contributed by atoms with Gasteiger partial charge in [-0.2, -0.15) is 0 Å². The predicted octanol–water partition coefficient (Wildman–Crippen LogP) is 3.15. The van der Waals surface area contributed by atoms with E-state index in [1.54, 1.807) is 4.90 Å². The number of anilines is 4. The van der Waals surface area contributed by atoms with Gasteiger partial charge in [0.05, 0.1) is 23.6 Å². The van der Waals surface area contributed by atoms with Crippen LogP contribution in [0.15, 0.2) is 46.9 Å². The zero-order valence-electron chi connectivity index (χ0n) is 11.0. The van der Waals surface area contributed by atoms with Crippen LogP contribution in [0.25, 0.3) is 0 Å². The predicted molar refractivity (Wildman–Crippen MR) is 85.4 cm³/mol. The maximum atomic E-state index is 12.4. The number of rotatable bonds is 1. The van der Waals surface area contributed by atoms with E-state index in [1.165, 1.54) is 0 Å². The Hall–Kier alpha value is -2.01. The average Bonchev–Trinajstić information content (AvgIpc) is 2.40. The maximum Gasteiger partial charge on any atom is 0.251 e. The molecule has 2 aromatic rings. The van der Waals surface area contributed by atoms with Crippen LogP contribution in [0.4, 0.5) is 22.7 Å². The van der Waals surface area contributed by atoms with Gasteiger partial charge in [-0.15, -0.1) is 0 Å². The first-order valence-electron chi connectivity index (χ1n) is 6.25. The van der Waals surface area contributed by atoms with Gasteiger partial charge >= 0.3 is 0 Å². The van der Waals surface area contributed by atoms with E-state index in [2.05, 4.69) is 15.9 Å². The number of carbonyl (C=O) groups is 1. The third-order valence-electron chi connectivity index (χ3n) is 3.34. The molecular formula is C15H14BrN3O. The van der Waals surface area contributed by atoms with Crippen LogP contribution in [0.2, 0.25) is 0 Å². The van der Waals surface area contributed by atoms with Crippen LogP contribution in [0, 0.1) is 0 Å². The lowest BCUT2D eigenvalue weighted by Gasteiger charge is -2.35. The second-order valence-corrected chi connectivity index (χ2v) is 5.73. The maximum absolute atomic E-state index is 12.4. The number of hydrogen-bond donors (Lipinski definition) is 1. The van der Waals surface area contributed by atoms with Crippen molar-refractivity contribution in [1.82, 2.24) is 0 Å². The lowest BCUT2D eigenvalue weighted by molar-refractivity contribution is -0.116. The second kappa shape index (κ2) is 4.83. The summed E-state index contributed by atoms with van der Waals surface area (Å²) in [5.74, 6) is 0.0351. The van der Waals surface area contributed by atoms with Crippen LogP contribution in [0.3, 0.4) is 0 Å². The Morgan fingerprint density at radius 3 is 2.70 bits per heavy atom. The van der Waals surface area contributed by atoms with Gasteiger partial charge in [0.1, 0.15) is 0 Å². The minimum absolute atomic E-state index is 0.0351. The third-order valence-corrected chi connectivity index (χ3v) is 3.83. The van der Waals surface area contributed by atoms with Crippen molar-refractivity contribution in [3.8, 4) is 0 Å². The molecule has 2 N–H and O–H groups in total. The van der Waals surface area contributed by atoms with Crippen molar-refractivity contribution in [3.63, 3.8) is 0 Å². The van der Waals surface area contributed by atoms with Gasteiger partial charge < -0.3 is 10.6 Å². The van der Waals surface area contributed by atoms with Crippen LogP contribution in [-0.4, -0.2) is 19.5 Å². The van der Waals surface area contributed by atoms with Crippen LogP contribution < -0.4 is 15.5 Å². The molecule has 0 saturated carbocycles. The Labute approximate surface area is 125 Å². The van der Waals surface area contributed by atoms with E-state index in [0.29, 0.717) is 12.2 Å². The number of fused-ring (bicyclic) bond motifs is 1. The SMILES string of the molecule is CN1CC(=O)N(c2cccc(N)c2)c2ccc(Br)cc21. The fourth-order valence-corrected chi connectivity index (χ4v) is 2.78. The van der Waals surface area contributed by atoms with Gasteiger partial charge in [0, 0.05) is 17.2 Å². The Morgan fingerprint density at radius 2 is 1.95 bits per heavy atom. The molecule has 1 heterocycles. The quantitative estimate of drug-likeness (QED) is 0.816. The first-order chi connectivity index (χ1) is 9.56. The van der Waals surface area contributed by atoms with Crippen molar-refractivity contribution in [2.75, 3.05) is 29.1 Å². The van der Waals surface area contributed by atoms with Crippen molar-refractivity contribution < 1.29 is 4.79 Å². The lowest BCUT2D eigenvalue weighted by Crippen LogP contribution is -2.41. The monoisotopic (exact) mass is 331 g/mol. The Bertz CT molecular complexity index is 687. The van der Waals surface area contributed by atoms with Gasteiger partial charge in [0.25, 0.3) is 5.91 Å². The Balaban J connectivity index is 2.17. The van der Waals surface area contributed by atoms with Gasteiger partial charge in [-0.25, -0.2) is 0 Å². The summed E-state index contributed by atoms with van der Waals surface area (Å²) in [6.45, 7) is 0.345. The normalized spacial score (nSPS) is 14.4. The van der Waals surface area contributed by atoms with Crippen molar-refractivity contribution in [3.05, 3.63) is 46.9 Å². The first-order valence-corrected chi connectivity index (χ1v) is 7.05. The molecular weight excluding hydrogens is 318 g/mol. The van der Waals surface area contributed by atoms with Gasteiger partial charge in [0.15, 0.2) is 0 Å². The van der Waals surface area contributed by atoms with E-state index < -0.39 is 0 Å². The molecule has 1 amide bonds. The standard InChI is InChI=1S/C15H14BrN3O/c1-18-9-15(20)19(12-4-2-3-11(17)8-12)13-6-5-10(16)7-14(13)18/h2-8H,9,17H2,1H3. The summed E-state index contributed by atoms with van der Waals surface area (Å²) in [4.78, 5) is 16.1. The van der Waals surface area contributed by atoms with E-state index >= 15 is 0 Å². The summed E-state index contributed by atoms with van der Waals surface area (Å²) >= 11 is 3.47. The summed E-state index contributed by atoms with van der Waals surface area (Å²) in [5.41, 5.74) is 9.16. The highest BCUT2D eigenvalue weighted by molar-refractivity contribution is 9.10. The number of amides is 1. The Morgan fingerprint density at radius 1 is 1.15 bits per heavy atom. The molecule has 0 spiro atoms. The van der Waals surface area contributed by atoms with Crippen LogP contribution >= 0.6 is 15.9 Å². The largest absolute Gasteiger partial charge is 0.399 e. The number of hydrogen-bond acceptors (Lipinski definition) is 3. The van der Waals surface area contributed by atoms with Crippen LogP contribution in [0.1, 0.15) is 0 Å². The molecule has 2 aromatic carbocycles. The van der Waals surface area contributed by atoms with Crippen molar-refractivity contribution in [2.45, 2.75) is 0 Å². The fraction of sp³-hybridized carbons (Fsp3) is 0.133. The van der Waals surface area contributed by atoms with Crippen molar-refractivity contribution in [1.29, 1.82) is 0 Å². The van der Waals surface area contributed by atoms with Gasteiger partial charge in [-0.05, 0) is 36.4 Å². The summed E-state index contributed by atoms with van der Waals surface area (Å²) in [7, 11) is 1.92. The highest BCUT2D eigenvalue weighted by Gasteiger charge is 2.28. The highest BCUT2D eigenvalue weighted by Crippen LogP contribution is 2.39. The molecule has 1 aliphatic heterocycles. The van der Waals surface area contributed by atoms with Gasteiger partial charge in [-0.1, -0.05) is 22.0 Å². The minimum atomic E-state index is 0.0351. The van der Waals surface area contributed by atoms with E-state index in [0.717, 1.165) is 21.5 Å². The molecule has 102 valence electrons. The number of nitrogens with zero attached hydrogens (tertiary/aromatic N) is 2. The zero-order chi connectivity index (χ0) is 14.3. The van der Waals surface area contributed by atoms with Crippen molar-refractivity contribution >= 4 is 44.6 Å². The molecule has 0 radical (unpaired) electrons. The fourth-order valence-electron chi connectivity index (χ4n) is 2.43. The molecule has 0 atom stereocenters. The number of halogens is 1. The highest BCUT2D eigenvalue weighted by atomic mass is 79.9. The third kappa shape index (κ3) is 2.14. The summed E-state index contributed by atoms with van der Waals surface area (Å²) in [6.07, 6.45) is 0. The topological polar surface area (TPSA) is 49.6 Å². The Kier molecular flexibility index (Phi) is 3.14. The zero-order valence-corrected chi connectivity index (χ0v) is 12.6. The number of nitrogen functional groups attached to an aromatic ring is 1. The van der Waals surface area contributed by atoms with E-state index in [9.17, 15) is 4.79 Å². The molecule has 1 aliphatic rings. The number of nitrogens with two attached hydrogens (primary N) is 1. The summed E-state index contributed by atoms with van der Waals surface area (Å²) in [5, 5.41) is 0. The van der Waals surface area contributed by atoms with Crippen molar-refractivity contribution in [2.24, 2.45) is 0 Å². The summed E-state index contributed by atoms with van der Waals surface area (Å²) in [6, 6.07) is 13.3. The number of carbonyl (C=O) groups excluding carboxylic acids is 1. The lowest BCUT2D eigenvalue weighted by atomic mass is 10.1. The van der Waals surface area contributed by atoms with E-state index in [1.807, 2.05) is 54.4 Å². The number of likely N-dealkylation sites (N-methyl/N-ethyl adjacent to an activating group) is 1. The molecule has 20 heavy (non-hydrogen) atoms. The average molecular weight is 332 g/mol. The van der Waals surface area contributed by atoms with Gasteiger partial charge in [-0.3, -0.25) is 9.69 Å². The minimum Gasteiger partial charge on any atom is -0.399 e. The summed E-state index contributed by atoms with van der Waals surface area (Å²) < 4.78 is 0.991. The molecule has 0 unspecified atom stereocenters.